The van der Waals surface area contributed by atoms with Gasteiger partial charge in [-0.2, -0.15) is 13.2 Å². The SMILES string of the molecule is CCc1nc(N2CCC(c3ncc(C(F)(F)F)[nH]3)CC2)c2ccsc2n1. The second kappa shape index (κ2) is 6.53. The summed E-state index contributed by atoms with van der Waals surface area (Å²) in [5.74, 6) is 2.18. The van der Waals surface area contributed by atoms with Crippen molar-refractivity contribution < 1.29 is 13.2 Å². The molecule has 138 valence electrons. The minimum Gasteiger partial charge on any atom is -0.356 e. The van der Waals surface area contributed by atoms with Crippen LogP contribution in [0.4, 0.5) is 19.0 Å². The third-order valence-electron chi connectivity index (χ3n) is 4.75. The Bertz CT molecular complexity index is 909. The summed E-state index contributed by atoms with van der Waals surface area (Å²) in [6.07, 6.45) is -1.25. The van der Waals surface area contributed by atoms with E-state index in [-0.39, 0.29) is 5.92 Å². The van der Waals surface area contributed by atoms with E-state index in [1.807, 2.05) is 18.4 Å². The van der Waals surface area contributed by atoms with Crippen molar-refractivity contribution >= 4 is 27.4 Å². The quantitative estimate of drug-likeness (QED) is 0.732. The average Bonchev–Trinajstić information content (AvgIpc) is 3.30. The number of alkyl halides is 3. The number of H-pyrrole nitrogens is 1. The summed E-state index contributed by atoms with van der Waals surface area (Å²) in [6, 6.07) is 2.03. The van der Waals surface area contributed by atoms with Gasteiger partial charge in [0.1, 0.15) is 28.0 Å². The van der Waals surface area contributed by atoms with Crippen LogP contribution in [0, 0.1) is 0 Å². The number of nitrogens with zero attached hydrogens (tertiary/aromatic N) is 4. The van der Waals surface area contributed by atoms with Gasteiger partial charge in [-0.25, -0.2) is 15.0 Å². The molecule has 0 aromatic carbocycles. The molecule has 0 amide bonds. The van der Waals surface area contributed by atoms with E-state index in [0.29, 0.717) is 5.82 Å². The van der Waals surface area contributed by atoms with E-state index >= 15 is 0 Å². The Labute approximate surface area is 152 Å². The van der Waals surface area contributed by atoms with Crippen LogP contribution in [-0.4, -0.2) is 33.0 Å². The third kappa shape index (κ3) is 3.15. The minimum atomic E-state index is -4.38. The fraction of sp³-hybridized carbons (Fsp3) is 0.471. The Morgan fingerprint density at radius 2 is 2.04 bits per heavy atom. The van der Waals surface area contributed by atoms with Crippen LogP contribution in [0.1, 0.15) is 43.0 Å². The lowest BCUT2D eigenvalue weighted by molar-refractivity contribution is -0.141. The number of aromatic amines is 1. The zero-order valence-electron chi connectivity index (χ0n) is 14.2. The number of nitrogens with one attached hydrogen (secondary N) is 1. The number of hydrogen-bond acceptors (Lipinski definition) is 5. The van der Waals surface area contributed by atoms with Crippen LogP contribution >= 0.6 is 11.3 Å². The van der Waals surface area contributed by atoms with Crippen molar-refractivity contribution in [1.29, 1.82) is 0 Å². The van der Waals surface area contributed by atoms with E-state index in [1.54, 1.807) is 11.3 Å². The number of thiophene rings is 1. The van der Waals surface area contributed by atoms with E-state index < -0.39 is 11.9 Å². The van der Waals surface area contributed by atoms with Crippen LogP contribution < -0.4 is 4.90 Å². The lowest BCUT2D eigenvalue weighted by atomic mass is 9.96. The van der Waals surface area contributed by atoms with Crippen molar-refractivity contribution in [2.45, 2.75) is 38.3 Å². The van der Waals surface area contributed by atoms with Gasteiger partial charge in [0.2, 0.25) is 0 Å². The number of piperidine rings is 1. The Morgan fingerprint density at radius 1 is 1.27 bits per heavy atom. The van der Waals surface area contributed by atoms with Gasteiger partial charge in [0, 0.05) is 25.4 Å². The molecule has 5 nitrogen and oxygen atoms in total. The van der Waals surface area contributed by atoms with E-state index in [1.165, 1.54) is 0 Å². The number of aryl methyl sites for hydroxylation is 1. The highest BCUT2D eigenvalue weighted by Gasteiger charge is 2.34. The van der Waals surface area contributed by atoms with Crippen LogP contribution in [0.5, 0.6) is 0 Å². The Kier molecular flexibility index (Phi) is 4.34. The van der Waals surface area contributed by atoms with Gasteiger partial charge < -0.3 is 9.88 Å². The highest BCUT2D eigenvalue weighted by Crippen LogP contribution is 2.34. The molecular formula is C17H18F3N5S. The highest BCUT2D eigenvalue weighted by atomic mass is 32.1. The van der Waals surface area contributed by atoms with Gasteiger partial charge in [-0.05, 0) is 24.3 Å². The molecule has 0 atom stereocenters. The number of imidazole rings is 1. The number of halogens is 3. The average molecular weight is 381 g/mol. The number of aromatic nitrogens is 4. The van der Waals surface area contributed by atoms with E-state index in [4.69, 9.17) is 4.98 Å². The van der Waals surface area contributed by atoms with Crippen LogP contribution in [-0.2, 0) is 12.6 Å². The molecule has 0 spiro atoms. The zero-order chi connectivity index (χ0) is 18.3. The molecule has 0 saturated carbocycles. The number of rotatable bonds is 3. The van der Waals surface area contributed by atoms with Crippen molar-refractivity contribution in [2.75, 3.05) is 18.0 Å². The molecule has 4 rings (SSSR count). The van der Waals surface area contributed by atoms with Gasteiger partial charge in [-0.3, -0.25) is 0 Å². The molecule has 9 heteroatoms. The van der Waals surface area contributed by atoms with Gasteiger partial charge in [0.05, 0.1) is 11.6 Å². The first-order valence-electron chi connectivity index (χ1n) is 8.57. The van der Waals surface area contributed by atoms with Gasteiger partial charge in [-0.15, -0.1) is 11.3 Å². The molecule has 0 radical (unpaired) electrons. The molecule has 4 heterocycles. The molecule has 1 N–H and O–H groups in total. The van der Waals surface area contributed by atoms with Crippen molar-refractivity contribution in [3.8, 4) is 0 Å². The zero-order valence-corrected chi connectivity index (χ0v) is 15.0. The van der Waals surface area contributed by atoms with Crippen LogP contribution in [0.3, 0.4) is 0 Å². The fourth-order valence-electron chi connectivity index (χ4n) is 3.33. The first-order valence-corrected chi connectivity index (χ1v) is 9.45. The molecule has 3 aromatic heterocycles. The van der Waals surface area contributed by atoms with Crippen molar-refractivity contribution in [1.82, 2.24) is 19.9 Å². The summed E-state index contributed by atoms with van der Waals surface area (Å²) in [4.78, 5) is 18.8. The maximum atomic E-state index is 12.7. The molecule has 1 saturated heterocycles. The first-order chi connectivity index (χ1) is 12.5. The second-order valence-corrected chi connectivity index (χ2v) is 7.29. The maximum Gasteiger partial charge on any atom is 0.432 e. The number of anilines is 1. The monoisotopic (exact) mass is 381 g/mol. The van der Waals surface area contributed by atoms with Gasteiger partial charge in [0.15, 0.2) is 0 Å². The normalized spacial score (nSPS) is 16.5. The Balaban J connectivity index is 1.52. The Morgan fingerprint density at radius 3 is 2.69 bits per heavy atom. The van der Waals surface area contributed by atoms with E-state index in [2.05, 4.69) is 19.9 Å². The van der Waals surface area contributed by atoms with Crippen LogP contribution in [0.2, 0.25) is 0 Å². The summed E-state index contributed by atoms with van der Waals surface area (Å²) < 4.78 is 38.2. The van der Waals surface area contributed by atoms with Crippen LogP contribution in [0.25, 0.3) is 10.2 Å². The molecule has 1 fully saturated rings. The molecule has 1 aliphatic heterocycles. The predicted molar refractivity (Wildman–Crippen MR) is 94.6 cm³/mol. The van der Waals surface area contributed by atoms with E-state index in [0.717, 1.165) is 60.4 Å². The maximum absolute atomic E-state index is 12.7. The lowest BCUT2D eigenvalue weighted by Crippen LogP contribution is -2.34. The van der Waals surface area contributed by atoms with Gasteiger partial charge >= 0.3 is 6.18 Å². The molecule has 0 bridgehead atoms. The number of hydrogen-bond donors (Lipinski definition) is 1. The molecule has 26 heavy (non-hydrogen) atoms. The topological polar surface area (TPSA) is 57.7 Å². The van der Waals surface area contributed by atoms with Gasteiger partial charge in [-0.1, -0.05) is 6.92 Å². The number of fused-ring (bicyclic) bond motifs is 1. The standard InChI is InChI=1S/C17H18F3N5S/c1-2-13-23-15(11-5-8-26-16(11)24-13)25-6-3-10(4-7-25)14-21-9-12(22-14)17(18,19)20/h5,8-10H,2-4,6-7H2,1H3,(H,21,22). The van der Waals surface area contributed by atoms with E-state index in [9.17, 15) is 13.2 Å². The first kappa shape index (κ1) is 17.3. The third-order valence-corrected chi connectivity index (χ3v) is 5.56. The summed E-state index contributed by atoms with van der Waals surface area (Å²) in [5, 5.41) is 3.05. The van der Waals surface area contributed by atoms with Crippen molar-refractivity contribution in [3.63, 3.8) is 0 Å². The predicted octanol–water partition coefficient (Wildman–Crippen LogP) is 4.38. The molecule has 1 aliphatic rings. The second-order valence-electron chi connectivity index (χ2n) is 6.40. The smallest absolute Gasteiger partial charge is 0.356 e. The molecule has 3 aromatic rings. The summed E-state index contributed by atoms with van der Waals surface area (Å²) in [6.45, 7) is 3.50. The lowest BCUT2D eigenvalue weighted by Gasteiger charge is -2.32. The van der Waals surface area contributed by atoms with Crippen LogP contribution in [0.15, 0.2) is 17.6 Å². The highest BCUT2D eigenvalue weighted by molar-refractivity contribution is 7.16. The van der Waals surface area contributed by atoms with Gasteiger partial charge in [0.25, 0.3) is 0 Å². The largest absolute Gasteiger partial charge is 0.432 e. The molecule has 0 aliphatic carbocycles. The molecular weight excluding hydrogens is 363 g/mol. The minimum absolute atomic E-state index is 0.00722. The summed E-state index contributed by atoms with van der Waals surface area (Å²) >= 11 is 1.60. The van der Waals surface area contributed by atoms with Crippen molar-refractivity contribution in [3.05, 3.63) is 35.0 Å². The fourth-order valence-corrected chi connectivity index (χ4v) is 4.11. The van der Waals surface area contributed by atoms with Crippen molar-refractivity contribution in [2.24, 2.45) is 0 Å². The summed E-state index contributed by atoms with van der Waals surface area (Å²) in [5.41, 5.74) is -0.779. The summed E-state index contributed by atoms with van der Waals surface area (Å²) in [7, 11) is 0. The molecule has 0 unspecified atom stereocenters. The Hall–Kier alpha value is -2.16.